The molecule has 1 atom stereocenters. The van der Waals surface area contributed by atoms with E-state index in [9.17, 15) is 5.26 Å². The minimum absolute atomic E-state index is 0.361. The van der Waals surface area contributed by atoms with Gasteiger partial charge in [-0.3, -0.25) is 0 Å². The summed E-state index contributed by atoms with van der Waals surface area (Å²) in [6.07, 6.45) is 3.20. The topological polar surface area (TPSA) is 104 Å². The van der Waals surface area contributed by atoms with Gasteiger partial charge in [-0.15, -0.1) is 0 Å². The lowest BCUT2D eigenvalue weighted by atomic mass is 9.91. The van der Waals surface area contributed by atoms with Crippen molar-refractivity contribution in [2.24, 2.45) is 0 Å². The molecule has 0 aliphatic carbocycles. The van der Waals surface area contributed by atoms with Crippen LogP contribution >= 0.6 is 23.2 Å². The maximum absolute atomic E-state index is 9.94. The normalized spacial score (nSPS) is 11.4. The second kappa shape index (κ2) is 12.0. The molecule has 0 amide bonds. The third-order valence-corrected chi connectivity index (χ3v) is 7.05. The number of anilines is 5. The van der Waals surface area contributed by atoms with Crippen LogP contribution in [0.3, 0.4) is 0 Å². The van der Waals surface area contributed by atoms with Crippen molar-refractivity contribution in [3.8, 4) is 6.07 Å². The first-order chi connectivity index (χ1) is 19.4. The van der Waals surface area contributed by atoms with E-state index >= 15 is 0 Å². The van der Waals surface area contributed by atoms with Crippen LogP contribution in [0.5, 0.6) is 0 Å². The van der Waals surface area contributed by atoms with Gasteiger partial charge in [0.25, 0.3) is 0 Å². The molecule has 40 heavy (non-hydrogen) atoms. The minimum Gasteiger partial charge on any atom is -0.393 e. The number of hydrogen-bond acceptors (Lipinski definition) is 7. The molecule has 3 aromatic carbocycles. The summed E-state index contributed by atoms with van der Waals surface area (Å²) < 4.78 is 0. The van der Waals surface area contributed by atoms with Gasteiger partial charge in [0.15, 0.2) is 11.6 Å². The summed E-state index contributed by atoms with van der Waals surface area (Å²) in [7, 11) is 0. The van der Waals surface area contributed by atoms with Crippen LogP contribution < -0.4 is 16.0 Å². The number of aromatic nitrogens is 3. The summed E-state index contributed by atoms with van der Waals surface area (Å²) >= 11 is 12.8. The Bertz CT molecular complexity index is 1650. The molecule has 0 bridgehead atoms. The van der Waals surface area contributed by atoms with E-state index in [-0.39, 0.29) is 0 Å². The average Bonchev–Trinajstić information content (AvgIpc) is 2.98. The van der Waals surface area contributed by atoms with Gasteiger partial charge >= 0.3 is 0 Å². The van der Waals surface area contributed by atoms with E-state index in [1.807, 2.05) is 78.6 Å². The van der Waals surface area contributed by atoms with Crippen molar-refractivity contribution in [1.29, 1.82) is 5.26 Å². The van der Waals surface area contributed by atoms with Gasteiger partial charge in [-0.05, 0) is 59.5 Å². The van der Waals surface area contributed by atoms with Crippen LogP contribution in [0.1, 0.15) is 28.2 Å². The number of nitriles is 1. The fourth-order valence-electron chi connectivity index (χ4n) is 4.41. The highest BCUT2D eigenvalue weighted by atomic mass is 35.5. The number of nitrogens with zero attached hydrogens (tertiary/aromatic N) is 5. The van der Waals surface area contributed by atoms with E-state index in [0.29, 0.717) is 51.0 Å². The highest BCUT2D eigenvalue weighted by Gasteiger charge is 2.21. The van der Waals surface area contributed by atoms with Crippen molar-refractivity contribution in [3.63, 3.8) is 0 Å². The van der Waals surface area contributed by atoms with E-state index in [1.54, 1.807) is 24.4 Å². The van der Waals surface area contributed by atoms with Gasteiger partial charge in [0.2, 0.25) is 0 Å². The summed E-state index contributed by atoms with van der Waals surface area (Å²) in [5.74, 6) is 1.11. The smallest absolute Gasteiger partial charge is 0.163 e. The monoisotopic (exact) mass is 565 g/mol. The summed E-state index contributed by atoms with van der Waals surface area (Å²) in [6, 6.07) is 29.0. The lowest BCUT2D eigenvalue weighted by molar-refractivity contribution is 0.918. The molecule has 0 saturated heterocycles. The highest BCUT2D eigenvalue weighted by Crippen LogP contribution is 2.37. The molecule has 0 fully saturated rings. The second-order valence-electron chi connectivity index (χ2n) is 9.15. The van der Waals surface area contributed by atoms with Crippen molar-refractivity contribution in [3.05, 3.63) is 130 Å². The number of nitrogens with one attached hydrogen (secondary N) is 1. The van der Waals surface area contributed by atoms with Crippen LogP contribution in [0.25, 0.3) is 0 Å². The molecule has 0 spiro atoms. The second-order valence-corrected chi connectivity index (χ2v) is 9.99. The lowest BCUT2D eigenvalue weighted by Gasteiger charge is -2.25. The van der Waals surface area contributed by atoms with Gasteiger partial charge < -0.3 is 16.0 Å². The lowest BCUT2D eigenvalue weighted by Crippen LogP contribution is -2.21. The number of nitrogen functional groups attached to an aromatic ring is 1. The van der Waals surface area contributed by atoms with Crippen LogP contribution in [-0.4, -0.2) is 15.0 Å². The molecule has 2 aromatic heterocycles. The summed E-state index contributed by atoms with van der Waals surface area (Å²) in [5.41, 5.74) is 11.2. The molecule has 0 aliphatic rings. The standard InChI is InChI=1S/C31H25Cl2N7/c1-20-15-24(25(17-34)22-10-12-23(32)13-11-22)26(33)16-27(20)39-30-29(35)31(38-19-37-30)40(28-9-5-6-14-36-28)18-21-7-3-2-4-8-21/h2-16,19,25H,18,35H2,1H3,(H,37,38,39). The van der Waals surface area contributed by atoms with E-state index in [2.05, 4.69) is 26.3 Å². The fraction of sp³-hybridized carbons (Fsp3) is 0.0968. The molecule has 0 saturated carbocycles. The molecular formula is C31H25Cl2N7. The molecule has 7 nitrogen and oxygen atoms in total. The highest BCUT2D eigenvalue weighted by molar-refractivity contribution is 6.32. The molecule has 198 valence electrons. The van der Waals surface area contributed by atoms with E-state index in [0.717, 1.165) is 16.7 Å². The zero-order chi connectivity index (χ0) is 28.1. The largest absolute Gasteiger partial charge is 0.393 e. The summed E-state index contributed by atoms with van der Waals surface area (Å²) in [6.45, 7) is 2.45. The van der Waals surface area contributed by atoms with E-state index in [1.165, 1.54) is 6.33 Å². The van der Waals surface area contributed by atoms with Crippen molar-refractivity contribution in [2.45, 2.75) is 19.4 Å². The number of nitrogens with two attached hydrogens (primary N) is 1. The molecule has 0 aliphatic heterocycles. The number of benzene rings is 3. The maximum atomic E-state index is 9.94. The van der Waals surface area contributed by atoms with Crippen molar-refractivity contribution >= 4 is 52.0 Å². The van der Waals surface area contributed by atoms with E-state index < -0.39 is 5.92 Å². The molecule has 5 rings (SSSR count). The zero-order valence-electron chi connectivity index (χ0n) is 21.6. The molecule has 9 heteroatoms. The quantitative estimate of drug-likeness (QED) is 0.197. The average molecular weight is 566 g/mol. The number of rotatable bonds is 8. The van der Waals surface area contributed by atoms with Crippen molar-refractivity contribution < 1.29 is 0 Å². The Morgan fingerprint density at radius 2 is 1.70 bits per heavy atom. The number of pyridine rings is 1. The number of aryl methyl sites for hydroxylation is 1. The Morgan fingerprint density at radius 1 is 0.950 bits per heavy atom. The van der Waals surface area contributed by atoms with E-state index in [4.69, 9.17) is 28.9 Å². The van der Waals surface area contributed by atoms with Crippen LogP contribution in [0, 0.1) is 18.3 Å². The molecule has 1 unspecified atom stereocenters. The van der Waals surface area contributed by atoms with Crippen LogP contribution in [-0.2, 0) is 6.54 Å². The van der Waals surface area contributed by atoms with Crippen LogP contribution in [0.2, 0.25) is 10.0 Å². The first-order valence-corrected chi connectivity index (χ1v) is 13.3. The Balaban J connectivity index is 1.48. The van der Waals surface area contributed by atoms with Gasteiger partial charge in [-0.1, -0.05) is 77.8 Å². The molecule has 5 aromatic rings. The summed E-state index contributed by atoms with van der Waals surface area (Å²) in [4.78, 5) is 15.4. The zero-order valence-corrected chi connectivity index (χ0v) is 23.1. The summed E-state index contributed by atoms with van der Waals surface area (Å²) in [5, 5.41) is 14.3. The molecule has 0 radical (unpaired) electrons. The predicted octanol–water partition coefficient (Wildman–Crippen LogP) is 7.81. The maximum Gasteiger partial charge on any atom is 0.163 e. The predicted molar refractivity (Wildman–Crippen MR) is 161 cm³/mol. The van der Waals surface area contributed by atoms with Gasteiger partial charge in [0.1, 0.15) is 17.8 Å². The first kappa shape index (κ1) is 26.9. The first-order valence-electron chi connectivity index (χ1n) is 12.5. The minimum atomic E-state index is -0.543. The van der Waals surface area contributed by atoms with Gasteiger partial charge in [0.05, 0.1) is 18.5 Å². The third-order valence-electron chi connectivity index (χ3n) is 6.47. The van der Waals surface area contributed by atoms with Gasteiger partial charge in [0, 0.05) is 21.9 Å². The van der Waals surface area contributed by atoms with Crippen LogP contribution in [0.15, 0.2) is 97.5 Å². The Labute approximate surface area is 242 Å². The van der Waals surface area contributed by atoms with Crippen LogP contribution in [0.4, 0.5) is 28.8 Å². The van der Waals surface area contributed by atoms with Gasteiger partial charge in [-0.25, -0.2) is 15.0 Å². The fourth-order valence-corrected chi connectivity index (χ4v) is 4.81. The molecular weight excluding hydrogens is 541 g/mol. The number of hydrogen-bond donors (Lipinski definition) is 2. The third kappa shape index (κ3) is 5.84. The van der Waals surface area contributed by atoms with Crippen molar-refractivity contribution in [1.82, 2.24) is 15.0 Å². The molecule has 3 N–H and O–H groups in total. The SMILES string of the molecule is Cc1cc(C(C#N)c2ccc(Cl)cc2)c(Cl)cc1Nc1ncnc(N(Cc2ccccc2)c2ccccn2)c1N. The van der Waals surface area contributed by atoms with Gasteiger partial charge in [-0.2, -0.15) is 5.26 Å². The number of halogens is 2. The Morgan fingerprint density at radius 3 is 2.40 bits per heavy atom. The Kier molecular flexibility index (Phi) is 8.11. The van der Waals surface area contributed by atoms with Crippen molar-refractivity contribution in [2.75, 3.05) is 16.0 Å². The Hall–Kier alpha value is -4.64. The molecule has 2 heterocycles.